The van der Waals surface area contributed by atoms with Gasteiger partial charge in [-0.3, -0.25) is 19.2 Å². The number of benzene rings is 1. The highest BCUT2D eigenvalue weighted by Gasteiger charge is 2.61. The summed E-state index contributed by atoms with van der Waals surface area (Å²) in [5.41, 5.74) is 0.821. The quantitative estimate of drug-likeness (QED) is 0.695. The molecule has 1 aromatic rings. The Hall–Kier alpha value is -2.76. The third-order valence-electron chi connectivity index (χ3n) is 9.02. The number of fused-ring (bicyclic) bond motifs is 1. The summed E-state index contributed by atoms with van der Waals surface area (Å²) in [5, 5.41) is 3.44. The molecule has 0 spiro atoms. The molecule has 34 heavy (non-hydrogen) atoms. The molecule has 1 saturated heterocycles. The number of nitrogens with zero attached hydrogens (tertiary/aromatic N) is 1. The molecular weight excluding hydrogens is 428 g/mol. The number of rotatable bonds is 3. The van der Waals surface area contributed by atoms with Crippen LogP contribution in [-0.2, 0) is 9.59 Å². The zero-order chi connectivity index (χ0) is 23.9. The van der Waals surface area contributed by atoms with Gasteiger partial charge in [-0.05, 0) is 68.1 Å². The molecule has 6 nitrogen and oxygen atoms in total. The topological polar surface area (TPSA) is 83.6 Å². The number of carbonyl (C=O) groups excluding carboxylic acids is 4. The van der Waals surface area contributed by atoms with E-state index in [9.17, 15) is 19.2 Å². The molecule has 4 bridgehead atoms. The fraction of sp³-hybridized carbons (Fsp3) is 0.571. The molecule has 2 amide bonds. The Balaban J connectivity index is 1.23. The highest BCUT2D eigenvalue weighted by atomic mass is 16.2. The van der Waals surface area contributed by atoms with E-state index in [0.29, 0.717) is 30.9 Å². The number of allylic oxidation sites excluding steroid dienone is 1. The van der Waals surface area contributed by atoms with Gasteiger partial charge in [0.15, 0.2) is 11.6 Å². The standard InChI is InChI=1S/C28H32N2O4/c1-26-11-17-12-27(2,14-26)16-28(13-17,15-26)29-24(33)21-8-5-9-30(21)25(34)20-10-22(31)18-6-3-4-7-19(18)23(20)32/h3-4,6-7,10,17,21H,5,8-9,11-16H2,1-2H3,(H,29,33)/t17?,21-,26?,27?,28?/m0/s1. The zero-order valence-electron chi connectivity index (χ0n) is 20.0. The van der Waals surface area contributed by atoms with E-state index in [2.05, 4.69) is 19.2 Å². The molecule has 178 valence electrons. The predicted molar refractivity (Wildman–Crippen MR) is 126 cm³/mol. The lowest BCUT2D eigenvalue weighted by atomic mass is 9.43. The Morgan fingerprint density at radius 1 is 0.971 bits per heavy atom. The molecule has 3 atom stereocenters. The smallest absolute Gasteiger partial charge is 0.258 e. The van der Waals surface area contributed by atoms with Crippen LogP contribution in [0.5, 0.6) is 0 Å². The van der Waals surface area contributed by atoms with Crippen LogP contribution < -0.4 is 5.32 Å². The van der Waals surface area contributed by atoms with E-state index in [1.165, 1.54) is 24.2 Å². The normalized spacial score (nSPS) is 38.1. The van der Waals surface area contributed by atoms with Crippen LogP contribution in [0.25, 0.3) is 0 Å². The molecule has 1 aromatic carbocycles. The number of carbonyl (C=O) groups is 4. The van der Waals surface area contributed by atoms with Gasteiger partial charge in [0.25, 0.3) is 5.91 Å². The van der Waals surface area contributed by atoms with Crippen molar-refractivity contribution in [3.05, 3.63) is 47.0 Å². The lowest BCUT2D eigenvalue weighted by molar-refractivity contribution is -0.146. The van der Waals surface area contributed by atoms with Gasteiger partial charge in [-0.1, -0.05) is 38.1 Å². The van der Waals surface area contributed by atoms with E-state index >= 15 is 0 Å². The molecule has 0 aromatic heterocycles. The predicted octanol–water partition coefficient (Wildman–Crippen LogP) is 3.85. The number of hydrogen-bond acceptors (Lipinski definition) is 4. The largest absolute Gasteiger partial charge is 0.349 e. The Morgan fingerprint density at radius 2 is 1.65 bits per heavy atom. The number of nitrogens with one attached hydrogen (secondary N) is 1. The van der Waals surface area contributed by atoms with Crippen molar-refractivity contribution in [1.82, 2.24) is 10.2 Å². The van der Waals surface area contributed by atoms with Crippen molar-refractivity contribution in [1.29, 1.82) is 0 Å². The van der Waals surface area contributed by atoms with Gasteiger partial charge >= 0.3 is 0 Å². The van der Waals surface area contributed by atoms with Crippen LogP contribution in [0.4, 0.5) is 0 Å². The molecule has 6 heteroatoms. The molecule has 5 fully saturated rings. The van der Waals surface area contributed by atoms with Crippen molar-refractivity contribution in [2.75, 3.05) is 6.54 Å². The maximum absolute atomic E-state index is 13.6. The van der Waals surface area contributed by atoms with Crippen LogP contribution in [0.2, 0.25) is 0 Å². The molecule has 1 N–H and O–H groups in total. The lowest BCUT2D eigenvalue weighted by Crippen LogP contribution is -2.66. The van der Waals surface area contributed by atoms with Gasteiger partial charge in [-0.25, -0.2) is 0 Å². The molecule has 7 rings (SSSR count). The second-order valence-electron chi connectivity index (χ2n) is 12.4. The molecule has 6 aliphatic rings. The van der Waals surface area contributed by atoms with Crippen molar-refractivity contribution in [3.8, 4) is 0 Å². The first-order chi connectivity index (χ1) is 16.1. The number of ketones is 2. The summed E-state index contributed by atoms with van der Waals surface area (Å²) in [5.74, 6) is -0.725. The third-order valence-corrected chi connectivity index (χ3v) is 9.02. The van der Waals surface area contributed by atoms with Crippen LogP contribution in [-0.4, -0.2) is 46.4 Å². The van der Waals surface area contributed by atoms with Crippen LogP contribution in [0.15, 0.2) is 35.9 Å². The molecule has 1 heterocycles. The summed E-state index contributed by atoms with van der Waals surface area (Å²) in [7, 11) is 0. The third kappa shape index (κ3) is 3.29. The van der Waals surface area contributed by atoms with Crippen LogP contribution >= 0.6 is 0 Å². The number of Topliss-reactive ketones (excluding diaryl/α,β-unsaturated/α-hetero) is 1. The Kier molecular flexibility index (Phi) is 4.56. The van der Waals surface area contributed by atoms with E-state index in [0.717, 1.165) is 25.3 Å². The van der Waals surface area contributed by atoms with Gasteiger partial charge in [-0.15, -0.1) is 0 Å². The Bertz CT molecular complexity index is 1150. The summed E-state index contributed by atoms with van der Waals surface area (Å²) >= 11 is 0. The van der Waals surface area contributed by atoms with Crippen molar-refractivity contribution in [2.45, 2.75) is 76.8 Å². The molecule has 5 aliphatic carbocycles. The maximum atomic E-state index is 13.6. The average molecular weight is 461 g/mol. The number of hydrogen-bond donors (Lipinski definition) is 1. The van der Waals surface area contributed by atoms with Gasteiger partial charge in [0.05, 0.1) is 5.57 Å². The number of likely N-dealkylation sites (tertiary alicyclic amines) is 1. The number of amides is 2. The second kappa shape index (κ2) is 7.12. The summed E-state index contributed by atoms with van der Waals surface area (Å²) in [6.07, 6.45) is 9.22. The van der Waals surface area contributed by atoms with Gasteiger partial charge < -0.3 is 10.2 Å². The molecular formula is C28H32N2O4. The summed E-state index contributed by atoms with van der Waals surface area (Å²) in [6.45, 7) is 5.17. The first-order valence-corrected chi connectivity index (χ1v) is 12.6. The highest BCUT2D eigenvalue weighted by molar-refractivity contribution is 6.34. The monoisotopic (exact) mass is 460 g/mol. The first-order valence-electron chi connectivity index (χ1n) is 12.6. The van der Waals surface area contributed by atoms with Crippen LogP contribution in [0, 0.1) is 16.7 Å². The SMILES string of the molecule is CC12CC3CC(C)(C1)CC(NC(=O)[C@@H]1CCCN1C(=O)C1=CC(=O)c4ccccc4C1=O)(C3)C2. The maximum Gasteiger partial charge on any atom is 0.258 e. The van der Waals surface area contributed by atoms with E-state index < -0.39 is 17.7 Å². The zero-order valence-corrected chi connectivity index (χ0v) is 20.0. The average Bonchev–Trinajstić information content (AvgIpc) is 3.23. The fourth-order valence-electron chi connectivity index (χ4n) is 8.84. The van der Waals surface area contributed by atoms with Crippen LogP contribution in [0.3, 0.4) is 0 Å². The van der Waals surface area contributed by atoms with Gasteiger partial charge in [0, 0.05) is 29.3 Å². The van der Waals surface area contributed by atoms with Gasteiger partial charge in [0.2, 0.25) is 5.91 Å². The van der Waals surface area contributed by atoms with E-state index in [-0.39, 0.29) is 39.2 Å². The Labute approximate surface area is 200 Å². The highest BCUT2D eigenvalue weighted by Crippen LogP contribution is 2.66. The minimum absolute atomic E-state index is 0.101. The van der Waals surface area contributed by atoms with E-state index in [4.69, 9.17) is 0 Å². The van der Waals surface area contributed by atoms with E-state index in [1.54, 1.807) is 24.3 Å². The summed E-state index contributed by atoms with van der Waals surface area (Å²) in [4.78, 5) is 54.2. The van der Waals surface area contributed by atoms with E-state index in [1.807, 2.05) is 0 Å². The molecule has 1 aliphatic heterocycles. The summed E-state index contributed by atoms with van der Waals surface area (Å²) < 4.78 is 0. The van der Waals surface area contributed by atoms with Crippen LogP contribution in [0.1, 0.15) is 85.9 Å². The van der Waals surface area contributed by atoms with Crippen molar-refractivity contribution >= 4 is 23.4 Å². The molecule has 0 radical (unpaired) electrons. The van der Waals surface area contributed by atoms with Gasteiger partial charge in [0.1, 0.15) is 6.04 Å². The Morgan fingerprint density at radius 3 is 2.32 bits per heavy atom. The minimum Gasteiger partial charge on any atom is -0.349 e. The fourth-order valence-corrected chi connectivity index (χ4v) is 8.84. The summed E-state index contributed by atoms with van der Waals surface area (Å²) in [6, 6.07) is 5.99. The molecule has 2 unspecified atom stereocenters. The van der Waals surface area contributed by atoms with Gasteiger partial charge in [-0.2, -0.15) is 0 Å². The van der Waals surface area contributed by atoms with Crippen molar-refractivity contribution in [3.63, 3.8) is 0 Å². The second-order valence-corrected chi connectivity index (χ2v) is 12.4. The first kappa shape index (κ1) is 21.8. The minimum atomic E-state index is -0.595. The lowest BCUT2D eigenvalue weighted by Gasteiger charge is -2.65. The molecule has 4 saturated carbocycles. The van der Waals surface area contributed by atoms with Crippen molar-refractivity contribution < 1.29 is 19.2 Å². The van der Waals surface area contributed by atoms with Crippen molar-refractivity contribution in [2.24, 2.45) is 16.7 Å².